The van der Waals surface area contributed by atoms with Gasteiger partial charge in [-0.25, -0.2) is 4.79 Å². The van der Waals surface area contributed by atoms with Gasteiger partial charge in [0.15, 0.2) is 5.96 Å². The molecule has 1 unspecified atom stereocenters. The number of nitrogens with zero attached hydrogens (tertiary/aromatic N) is 1. The van der Waals surface area contributed by atoms with E-state index in [1.54, 1.807) is 14.2 Å². The van der Waals surface area contributed by atoms with Crippen molar-refractivity contribution in [3.63, 3.8) is 0 Å². The highest BCUT2D eigenvalue weighted by Crippen LogP contribution is 2.07. The minimum Gasteiger partial charge on any atom is -0.444 e. The Morgan fingerprint density at radius 3 is 2.41 bits per heavy atom. The first-order valence-corrected chi connectivity index (χ1v) is 9.33. The first-order valence-electron chi connectivity index (χ1n) is 9.33. The maximum atomic E-state index is 11.9. The molecule has 8 nitrogen and oxygen atoms in total. The molecule has 0 bridgehead atoms. The van der Waals surface area contributed by atoms with Crippen LogP contribution in [0.4, 0.5) is 4.79 Å². The molecule has 0 aliphatic rings. The number of nitrogens with one attached hydrogen (secondary N) is 3. The van der Waals surface area contributed by atoms with Crippen molar-refractivity contribution >= 4 is 36.0 Å². The summed E-state index contributed by atoms with van der Waals surface area (Å²) in [6.45, 7) is 10.9. The van der Waals surface area contributed by atoms with Gasteiger partial charge in [0.1, 0.15) is 5.60 Å². The Hall–Kier alpha value is -0.810. The molecule has 1 amide bonds. The molecule has 0 aromatic rings. The summed E-state index contributed by atoms with van der Waals surface area (Å²) < 4.78 is 15.7. The molecule has 0 saturated carbocycles. The maximum Gasteiger partial charge on any atom is 0.407 e. The monoisotopic (exact) mass is 502 g/mol. The van der Waals surface area contributed by atoms with E-state index >= 15 is 0 Å². The van der Waals surface area contributed by atoms with E-state index < -0.39 is 11.7 Å². The van der Waals surface area contributed by atoms with Crippen LogP contribution in [0.3, 0.4) is 0 Å². The molecule has 0 aromatic heterocycles. The molecule has 0 aliphatic carbocycles. The molecule has 1 atom stereocenters. The largest absolute Gasteiger partial charge is 0.444 e. The molecule has 0 rings (SSSR count). The Morgan fingerprint density at radius 1 is 1.15 bits per heavy atom. The molecular formula is C18H39IN4O4. The number of ether oxygens (including phenoxy) is 3. The summed E-state index contributed by atoms with van der Waals surface area (Å²) in [5.41, 5.74) is -0.503. The summed E-state index contributed by atoms with van der Waals surface area (Å²) >= 11 is 0. The van der Waals surface area contributed by atoms with Gasteiger partial charge in [0.2, 0.25) is 0 Å². The van der Waals surface area contributed by atoms with Crippen LogP contribution in [0.1, 0.15) is 47.0 Å². The van der Waals surface area contributed by atoms with Crippen molar-refractivity contribution in [3.8, 4) is 0 Å². The van der Waals surface area contributed by atoms with Gasteiger partial charge in [-0.3, -0.25) is 4.99 Å². The Kier molecular flexibility index (Phi) is 18.2. The van der Waals surface area contributed by atoms with Gasteiger partial charge in [-0.2, -0.15) is 0 Å². The van der Waals surface area contributed by atoms with Gasteiger partial charge in [0, 0.05) is 39.9 Å². The Bertz CT molecular complexity index is 403. The van der Waals surface area contributed by atoms with Gasteiger partial charge < -0.3 is 30.2 Å². The minimum atomic E-state index is -0.503. The quantitative estimate of drug-likeness (QED) is 0.164. The van der Waals surface area contributed by atoms with Crippen LogP contribution < -0.4 is 16.0 Å². The number of halogens is 1. The molecule has 0 heterocycles. The second-order valence-electron chi connectivity index (χ2n) is 6.97. The van der Waals surface area contributed by atoms with E-state index in [0.717, 1.165) is 25.8 Å². The number of aliphatic imine (C=N–C) groups is 1. The predicted molar refractivity (Wildman–Crippen MR) is 120 cm³/mol. The predicted octanol–water partition coefficient (Wildman–Crippen LogP) is 2.52. The van der Waals surface area contributed by atoms with Crippen LogP contribution >= 0.6 is 24.0 Å². The van der Waals surface area contributed by atoms with Crippen molar-refractivity contribution in [2.45, 2.75) is 58.6 Å². The first kappa shape index (κ1) is 28.4. The van der Waals surface area contributed by atoms with Crippen LogP contribution in [-0.4, -0.2) is 70.8 Å². The highest BCUT2D eigenvalue weighted by Gasteiger charge is 2.19. The topological polar surface area (TPSA) is 93.2 Å². The van der Waals surface area contributed by atoms with Crippen LogP contribution in [0.15, 0.2) is 4.99 Å². The van der Waals surface area contributed by atoms with Crippen LogP contribution in [0.5, 0.6) is 0 Å². The van der Waals surface area contributed by atoms with Crippen molar-refractivity contribution in [1.82, 2.24) is 16.0 Å². The molecule has 0 aromatic carbocycles. The van der Waals surface area contributed by atoms with E-state index in [1.807, 2.05) is 20.8 Å². The Balaban J connectivity index is 0. The Labute approximate surface area is 181 Å². The normalized spacial score (nSPS) is 12.7. The van der Waals surface area contributed by atoms with E-state index in [4.69, 9.17) is 14.2 Å². The van der Waals surface area contributed by atoms with E-state index in [-0.39, 0.29) is 30.0 Å². The number of hydrogen-bond acceptors (Lipinski definition) is 5. The molecule has 0 saturated heterocycles. The van der Waals surface area contributed by atoms with Gasteiger partial charge in [-0.05, 0) is 33.6 Å². The lowest BCUT2D eigenvalue weighted by Gasteiger charge is -2.24. The van der Waals surface area contributed by atoms with Crippen molar-refractivity contribution in [3.05, 3.63) is 0 Å². The number of alkyl carbamates (subject to hydrolysis) is 1. The Morgan fingerprint density at radius 2 is 1.85 bits per heavy atom. The zero-order chi connectivity index (χ0) is 19.8. The molecular weight excluding hydrogens is 463 g/mol. The van der Waals surface area contributed by atoms with Crippen LogP contribution in [-0.2, 0) is 14.2 Å². The van der Waals surface area contributed by atoms with Gasteiger partial charge in [-0.15, -0.1) is 24.0 Å². The third-order valence-electron chi connectivity index (χ3n) is 3.29. The second kappa shape index (κ2) is 17.3. The van der Waals surface area contributed by atoms with E-state index in [9.17, 15) is 4.79 Å². The average Bonchev–Trinajstić information content (AvgIpc) is 2.55. The summed E-state index contributed by atoms with van der Waals surface area (Å²) in [4.78, 5) is 16.1. The summed E-state index contributed by atoms with van der Waals surface area (Å²) in [7, 11) is 3.38. The zero-order valence-electron chi connectivity index (χ0n) is 17.7. The SMILES string of the molecule is CCCC(CNC(=NC)NCCCOCCOC)NC(=O)OC(C)(C)C.I. The van der Waals surface area contributed by atoms with Gasteiger partial charge in [-0.1, -0.05) is 13.3 Å². The summed E-state index contributed by atoms with van der Waals surface area (Å²) in [5.74, 6) is 0.703. The summed E-state index contributed by atoms with van der Waals surface area (Å²) in [6.07, 6.45) is 2.30. The lowest BCUT2D eigenvalue weighted by Crippen LogP contribution is -2.48. The van der Waals surface area contributed by atoms with Gasteiger partial charge >= 0.3 is 6.09 Å². The fraction of sp³-hybridized carbons (Fsp3) is 0.889. The van der Waals surface area contributed by atoms with Crippen molar-refractivity contribution in [2.24, 2.45) is 4.99 Å². The molecule has 27 heavy (non-hydrogen) atoms. The number of guanidine groups is 1. The van der Waals surface area contributed by atoms with Gasteiger partial charge in [0.05, 0.1) is 13.2 Å². The summed E-state index contributed by atoms with van der Waals surface area (Å²) in [6, 6.07) is -0.0224. The highest BCUT2D eigenvalue weighted by molar-refractivity contribution is 14.0. The number of hydrogen-bond donors (Lipinski definition) is 3. The first-order chi connectivity index (χ1) is 12.3. The van der Waals surface area contributed by atoms with E-state index in [0.29, 0.717) is 32.3 Å². The third kappa shape index (κ3) is 18.3. The third-order valence-corrected chi connectivity index (χ3v) is 3.29. The van der Waals surface area contributed by atoms with Crippen molar-refractivity contribution in [1.29, 1.82) is 0 Å². The number of carbonyl (C=O) groups is 1. The number of carbonyl (C=O) groups excluding carboxylic acids is 1. The zero-order valence-corrected chi connectivity index (χ0v) is 20.1. The molecule has 0 fully saturated rings. The lowest BCUT2D eigenvalue weighted by molar-refractivity contribution is 0.0502. The molecule has 162 valence electrons. The van der Waals surface area contributed by atoms with Crippen LogP contribution in [0.25, 0.3) is 0 Å². The van der Waals surface area contributed by atoms with Gasteiger partial charge in [0.25, 0.3) is 0 Å². The van der Waals surface area contributed by atoms with E-state index in [1.165, 1.54) is 0 Å². The molecule has 9 heteroatoms. The van der Waals surface area contributed by atoms with Crippen molar-refractivity contribution < 1.29 is 19.0 Å². The average molecular weight is 502 g/mol. The van der Waals surface area contributed by atoms with Crippen molar-refractivity contribution in [2.75, 3.05) is 47.1 Å². The number of rotatable bonds is 12. The number of amides is 1. The molecule has 0 aliphatic heterocycles. The fourth-order valence-electron chi connectivity index (χ4n) is 2.11. The van der Waals surface area contributed by atoms with E-state index in [2.05, 4.69) is 27.9 Å². The smallest absolute Gasteiger partial charge is 0.407 e. The standard InChI is InChI=1S/C18H38N4O4.HI/c1-7-9-15(22-17(23)26-18(2,3)4)14-21-16(19-5)20-10-8-11-25-13-12-24-6;/h15H,7-14H2,1-6H3,(H,22,23)(H2,19,20,21);1H. The lowest BCUT2D eigenvalue weighted by atomic mass is 10.1. The maximum absolute atomic E-state index is 11.9. The number of methoxy groups -OCH3 is 1. The van der Waals surface area contributed by atoms with Crippen LogP contribution in [0, 0.1) is 0 Å². The minimum absolute atomic E-state index is 0. The fourth-order valence-corrected chi connectivity index (χ4v) is 2.11. The summed E-state index contributed by atoms with van der Waals surface area (Å²) in [5, 5.41) is 9.39. The molecule has 3 N–H and O–H groups in total. The van der Waals surface area contributed by atoms with Crippen LogP contribution in [0.2, 0.25) is 0 Å². The highest BCUT2D eigenvalue weighted by atomic mass is 127. The molecule has 0 radical (unpaired) electrons. The molecule has 0 spiro atoms. The second-order valence-corrected chi connectivity index (χ2v) is 6.97.